The summed E-state index contributed by atoms with van der Waals surface area (Å²) in [4.78, 5) is 4.54. The number of benzene rings is 1. The molecule has 5 heteroatoms. The van der Waals surface area contributed by atoms with E-state index in [2.05, 4.69) is 40.1 Å². The predicted octanol–water partition coefficient (Wildman–Crippen LogP) is 4.38. The molecule has 2 rings (SSSR count). The molecule has 18 heavy (non-hydrogen) atoms. The average molecular weight is 329 g/mol. The summed E-state index contributed by atoms with van der Waals surface area (Å²) < 4.78 is 13.9. The van der Waals surface area contributed by atoms with Crippen molar-refractivity contribution in [2.24, 2.45) is 0 Å². The maximum absolute atomic E-state index is 13.5. The quantitative estimate of drug-likeness (QED) is 0.900. The average Bonchev–Trinajstić information content (AvgIpc) is 2.82. The Balaban J connectivity index is 2.26. The van der Waals surface area contributed by atoms with Crippen LogP contribution in [0.15, 0.2) is 28.1 Å². The number of thiazole rings is 1. The minimum atomic E-state index is -0.260. The van der Waals surface area contributed by atoms with Crippen molar-refractivity contribution in [3.8, 4) is 10.6 Å². The highest BCUT2D eigenvalue weighted by atomic mass is 79.9. The molecule has 1 heterocycles. The molecular formula is C13H14BrFN2S. The summed E-state index contributed by atoms with van der Waals surface area (Å²) in [7, 11) is 0. The third kappa shape index (κ3) is 2.96. The molecule has 0 amide bonds. The second kappa shape index (κ2) is 5.91. The Morgan fingerprint density at radius 1 is 1.50 bits per heavy atom. The lowest BCUT2D eigenvalue weighted by molar-refractivity contribution is 0.587. The lowest BCUT2D eigenvalue weighted by Gasteiger charge is -2.08. The Bertz CT molecular complexity index is 542. The second-order valence-electron chi connectivity index (χ2n) is 3.99. The normalized spacial score (nSPS) is 12.7. The van der Waals surface area contributed by atoms with Crippen molar-refractivity contribution in [3.05, 3.63) is 39.6 Å². The number of aromatic nitrogens is 1. The van der Waals surface area contributed by atoms with Crippen LogP contribution in [0, 0.1) is 5.82 Å². The molecule has 96 valence electrons. The Kier molecular flexibility index (Phi) is 4.48. The van der Waals surface area contributed by atoms with Crippen LogP contribution < -0.4 is 5.32 Å². The van der Waals surface area contributed by atoms with Crippen molar-refractivity contribution in [2.45, 2.75) is 19.9 Å². The maximum Gasteiger partial charge on any atom is 0.138 e. The molecule has 1 atom stereocenters. The van der Waals surface area contributed by atoms with Gasteiger partial charge in [-0.1, -0.05) is 13.0 Å². The Labute approximate surface area is 118 Å². The molecule has 2 aromatic rings. The van der Waals surface area contributed by atoms with E-state index >= 15 is 0 Å². The molecule has 0 saturated carbocycles. The van der Waals surface area contributed by atoms with Crippen LogP contribution in [0.2, 0.25) is 0 Å². The van der Waals surface area contributed by atoms with Gasteiger partial charge in [-0.2, -0.15) is 0 Å². The summed E-state index contributed by atoms with van der Waals surface area (Å²) >= 11 is 4.69. The van der Waals surface area contributed by atoms with Gasteiger partial charge < -0.3 is 5.32 Å². The second-order valence-corrected chi connectivity index (χ2v) is 5.70. The molecule has 1 N–H and O–H groups in total. The Morgan fingerprint density at radius 3 is 2.94 bits per heavy atom. The molecule has 2 nitrogen and oxygen atoms in total. The van der Waals surface area contributed by atoms with Crippen molar-refractivity contribution in [1.29, 1.82) is 0 Å². The first-order valence-electron chi connectivity index (χ1n) is 5.76. The van der Waals surface area contributed by atoms with E-state index in [4.69, 9.17) is 0 Å². The smallest absolute Gasteiger partial charge is 0.138 e. The van der Waals surface area contributed by atoms with E-state index in [1.54, 1.807) is 6.07 Å². The van der Waals surface area contributed by atoms with Crippen LogP contribution in [0.1, 0.15) is 25.6 Å². The first kappa shape index (κ1) is 13.6. The zero-order valence-electron chi connectivity index (χ0n) is 10.2. The van der Waals surface area contributed by atoms with Crippen LogP contribution in [0.25, 0.3) is 10.6 Å². The van der Waals surface area contributed by atoms with Crippen LogP contribution in [0.3, 0.4) is 0 Å². The number of halogens is 2. The number of nitrogens with one attached hydrogen (secondary N) is 1. The highest BCUT2D eigenvalue weighted by molar-refractivity contribution is 9.10. The Hall–Kier alpha value is -0.780. The van der Waals surface area contributed by atoms with Crippen molar-refractivity contribution < 1.29 is 4.39 Å². The van der Waals surface area contributed by atoms with Crippen molar-refractivity contribution in [2.75, 3.05) is 6.54 Å². The van der Waals surface area contributed by atoms with Gasteiger partial charge in [-0.25, -0.2) is 9.37 Å². The molecule has 0 spiro atoms. The van der Waals surface area contributed by atoms with E-state index in [1.165, 1.54) is 17.4 Å². The third-order valence-corrected chi connectivity index (χ3v) is 4.20. The van der Waals surface area contributed by atoms with Crippen molar-refractivity contribution in [1.82, 2.24) is 10.3 Å². The van der Waals surface area contributed by atoms with Crippen LogP contribution >= 0.6 is 27.3 Å². The van der Waals surface area contributed by atoms with E-state index in [-0.39, 0.29) is 11.9 Å². The highest BCUT2D eigenvalue weighted by Gasteiger charge is 2.11. The predicted molar refractivity (Wildman–Crippen MR) is 77.3 cm³/mol. The molecule has 0 fully saturated rings. The van der Waals surface area contributed by atoms with Gasteiger partial charge in [0.05, 0.1) is 10.2 Å². The van der Waals surface area contributed by atoms with Crippen molar-refractivity contribution in [3.63, 3.8) is 0 Å². The zero-order chi connectivity index (χ0) is 13.1. The van der Waals surface area contributed by atoms with Crippen LogP contribution in [-0.4, -0.2) is 11.5 Å². The largest absolute Gasteiger partial charge is 0.309 e. The van der Waals surface area contributed by atoms with Gasteiger partial charge in [0.1, 0.15) is 10.8 Å². The van der Waals surface area contributed by atoms with E-state index < -0.39 is 0 Å². The summed E-state index contributed by atoms with van der Waals surface area (Å²) in [6.45, 7) is 5.04. The lowest BCUT2D eigenvalue weighted by atomic mass is 10.2. The van der Waals surface area contributed by atoms with Gasteiger partial charge in [0.2, 0.25) is 0 Å². The molecule has 0 aliphatic rings. The number of rotatable bonds is 4. The summed E-state index contributed by atoms with van der Waals surface area (Å²) in [5.41, 5.74) is 1.82. The molecular weight excluding hydrogens is 315 g/mol. The number of nitrogens with zero attached hydrogens (tertiary/aromatic N) is 1. The maximum atomic E-state index is 13.5. The molecule has 0 radical (unpaired) electrons. The van der Waals surface area contributed by atoms with E-state index in [0.29, 0.717) is 4.47 Å². The van der Waals surface area contributed by atoms with Crippen LogP contribution in [0.5, 0.6) is 0 Å². The minimum Gasteiger partial charge on any atom is -0.309 e. The Morgan fingerprint density at radius 2 is 2.28 bits per heavy atom. The summed E-state index contributed by atoms with van der Waals surface area (Å²) in [5, 5.41) is 6.17. The van der Waals surface area contributed by atoms with Gasteiger partial charge in [0.15, 0.2) is 0 Å². The fraction of sp³-hybridized carbons (Fsp3) is 0.308. The van der Waals surface area contributed by atoms with Crippen LogP contribution in [0.4, 0.5) is 4.39 Å². The summed E-state index contributed by atoms with van der Waals surface area (Å²) in [5.74, 6) is -0.260. The molecule has 0 aliphatic heterocycles. The van der Waals surface area contributed by atoms with Gasteiger partial charge in [-0.05, 0) is 41.5 Å². The number of hydrogen-bond acceptors (Lipinski definition) is 3. The van der Waals surface area contributed by atoms with Gasteiger partial charge in [-0.15, -0.1) is 11.3 Å². The molecule has 1 unspecified atom stereocenters. The van der Waals surface area contributed by atoms with Gasteiger partial charge >= 0.3 is 0 Å². The van der Waals surface area contributed by atoms with Crippen LogP contribution in [-0.2, 0) is 0 Å². The first-order valence-corrected chi connectivity index (χ1v) is 7.43. The van der Waals surface area contributed by atoms with Gasteiger partial charge in [-0.3, -0.25) is 0 Å². The minimum absolute atomic E-state index is 0.222. The molecule has 0 aliphatic carbocycles. The summed E-state index contributed by atoms with van der Waals surface area (Å²) in [6, 6.07) is 5.30. The molecule has 0 saturated heterocycles. The van der Waals surface area contributed by atoms with Gasteiger partial charge in [0, 0.05) is 17.0 Å². The van der Waals surface area contributed by atoms with E-state index in [0.717, 1.165) is 22.8 Å². The van der Waals surface area contributed by atoms with Gasteiger partial charge in [0.25, 0.3) is 0 Å². The standard InChI is InChI=1S/C13H14BrFN2S/c1-3-16-8(2)12-7-18-13(17-12)9-4-5-10(14)11(15)6-9/h4-8,16H,3H2,1-2H3. The fourth-order valence-corrected chi connectivity index (χ4v) is 2.81. The summed E-state index contributed by atoms with van der Waals surface area (Å²) in [6.07, 6.45) is 0. The molecule has 1 aromatic heterocycles. The monoisotopic (exact) mass is 328 g/mol. The lowest BCUT2D eigenvalue weighted by Crippen LogP contribution is -2.17. The van der Waals surface area contributed by atoms with E-state index in [9.17, 15) is 4.39 Å². The van der Waals surface area contributed by atoms with E-state index in [1.807, 2.05) is 11.4 Å². The topological polar surface area (TPSA) is 24.9 Å². The molecule has 1 aromatic carbocycles. The fourth-order valence-electron chi connectivity index (χ4n) is 1.66. The zero-order valence-corrected chi connectivity index (χ0v) is 12.6. The SMILES string of the molecule is CCNC(C)c1csc(-c2ccc(Br)c(F)c2)n1. The highest BCUT2D eigenvalue weighted by Crippen LogP contribution is 2.28. The third-order valence-electron chi connectivity index (χ3n) is 2.64. The van der Waals surface area contributed by atoms with Crippen molar-refractivity contribution >= 4 is 27.3 Å². The number of hydrogen-bond donors (Lipinski definition) is 1. The molecule has 0 bridgehead atoms. The first-order chi connectivity index (χ1) is 8.61.